The molecule has 0 aromatic heterocycles. The van der Waals surface area contributed by atoms with Crippen molar-refractivity contribution in [2.45, 2.75) is 44.6 Å². The van der Waals surface area contributed by atoms with E-state index in [1.165, 1.54) is 19.3 Å². The van der Waals surface area contributed by atoms with Crippen molar-refractivity contribution in [3.63, 3.8) is 0 Å². The van der Waals surface area contributed by atoms with Gasteiger partial charge < -0.3 is 9.47 Å². The first-order chi connectivity index (χ1) is 14.1. The summed E-state index contributed by atoms with van der Waals surface area (Å²) >= 11 is 0. The average Bonchev–Trinajstić information content (AvgIpc) is 2.68. The fourth-order valence-electron chi connectivity index (χ4n) is 3.95. The molecule has 1 heterocycles. The molecule has 0 N–H and O–H groups in total. The predicted octanol–water partition coefficient (Wildman–Crippen LogP) is 6.98. The van der Waals surface area contributed by atoms with Crippen LogP contribution in [-0.2, 0) is 16.6 Å². The molecule has 1 aliphatic carbocycles. The third kappa shape index (κ3) is 2.80. The number of halogens is 6. The SMILES string of the molecule is CCOc1ccc2c(c1F)C(F)(F)C(F)(F)c1c-2ccc(C2CCC(C)=CO2)c1F. The minimum absolute atomic E-state index is 0.0401. The van der Waals surface area contributed by atoms with Gasteiger partial charge in [0.05, 0.1) is 24.0 Å². The fourth-order valence-corrected chi connectivity index (χ4v) is 3.95. The molecule has 0 bridgehead atoms. The first-order valence-corrected chi connectivity index (χ1v) is 9.47. The van der Waals surface area contributed by atoms with Gasteiger partial charge in [0.1, 0.15) is 11.9 Å². The van der Waals surface area contributed by atoms with Crippen LogP contribution < -0.4 is 4.74 Å². The molecule has 160 valence electrons. The van der Waals surface area contributed by atoms with Gasteiger partial charge in [-0.25, -0.2) is 8.78 Å². The molecular weight excluding hydrogens is 410 g/mol. The zero-order chi connectivity index (χ0) is 21.8. The molecule has 4 rings (SSSR count). The van der Waals surface area contributed by atoms with E-state index < -0.39 is 57.6 Å². The van der Waals surface area contributed by atoms with Crippen LogP contribution in [0.25, 0.3) is 11.1 Å². The summed E-state index contributed by atoms with van der Waals surface area (Å²) in [6, 6.07) is 4.47. The van der Waals surface area contributed by atoms with Crippen molar-refractivity contribution in [1.82, 2.24) is 0 Å². The lowest BCUT2D eigenvalue weighted by Gasteiger charge is -2.36. The Morgan fingerprint density at radius 2 is 1.57 bits per heavy atom. The largest absolute Gasteiger partial charge is 0.493 e. The Bertz CT molecular complexity index is 1040. The van der Waals surface area contributed by atoms with Crippen LogP contribution in [0.3, 0.4) is 0 Å². The molecule has 2 aromatic rings. The zero-order valence-corrected chi connectivity index (χ0v) is 16.2. The van der Waals surface area contributed by atoms with Crippen molar-refractivity contribution in [1.29, 1.82) is 0 Å². The zero-order valence-electron chi connectivity index (χ0n) is 16.2. The summed E-state index contributed by atoms with van der Waals surface area (Å²) in [4.78, 5) is 0. The molecule has 1 unspecified atom stereocenters. The molecule has 2 aromatic carbocycles. The highest BCUT2D eigenvalue weighted by molar-refractivity contribution is 5.77. The van der Waals surface area contributed by atoms with Gasteiger partial charge in [0.25, 0.3) is 0 Å². The number of ether oxygens (including phenoxy) is 2. The third-order valence-electron chi connectivity index (χ3n) is 5.47. The van der Waals surface area contributed by atoms with E-state index in [4.69, 9.17) is 9.47 Å². The summed E-state index contributed by atoms with van der Waals surface area (Å²) in [5.41, 5.74) is -3.25. The second kappa shape index (κ2) is 6.96. The molecule has 1 aliphatic heterocycles. The van der Waals surface area contributed by atoms with Crippen LogP contribution in [0.4, 0.5) is 26.3 Å². The van der Waals surface area contributed by atoms with E-state index in [0.717, 1.165) is 23.8 Å². The maximum atomic E-state index is 15.2. The Balaban J connectivity index is 1.95. The van der Waals surface area contributed by atoms with E-state index in [-0.39, 0.29) is 12.2 Å². The number of fused-ring (bicyclic) bond motifs is 3. The van der Waals surface area contributed by atoms with Crippen LogP contribution >= 0.6 is 0 Å². The lowest BCUT2D eigenvalue weighted by Crippen LogP contribution is -2.41. The molecule has 30 heavy (non-hydrogen) atoms. The van der Waals surface area contributed by atoms with E-state index in [1.54, 1.807) is 6.92 Å². The lowest BCUT2D eigenvalue weighted by atomic mass is 9.78. The van der Waals surface area contributed by atoms with Crippen LogP contribution in [-0.4, -0.2) is 6.61 Å². The monoisotopic (exact) mass is 428 g/mol. The van der Waals surface area contributed by atoms with Gasteiger partial charge in [0, 0.05) is 5.56 Å². The van der Waals surface area contributed by atoms with E-state index in [1.807, 2.05) is 0 Å². The molecule has 0 radical (unpaired) electrons. The average molecular weight is 428 g/mol. The van der Waals surface area contributed by atoms with Crippen molar-refractivity contribution < 1.29 is 35.8 Å². The summed E-state index contributed by atoms with van der Waals surface area (Å²) in [5.74, 6) is -13.6. The Morgan fingerprint density at radius 1 is 0.967 bits per heavy atom. The van der Waals surface area contributed by atoms with Crippen molar-refractivity contribution in [2.24, 2.45) is 0 Å². The molecule has 1 atom stereocenters. The minimum Gasteiger partial charge on any atom is -0.493 e. The molecule has 0 fully saturated rings. The maximum absolute atomic E-state index is 15.2. The second-order valence-electron chi connectivity index (χ2n) is 7.40. The number of allylic oxidation sites excluding steroid dienone is 1. The summed E-state index contributed by atoms with van der Waals surface area (Å²) in [5, 5.41) is 0. The van der Waals surface area contributed by atoms with E-state index in [9.17, 15) is 22.0 Å². The number of hydrogen-bond donors (Lipinski definition) is 0. The maximum Gasteiger partial charge on any atom is 0.343 e. The van der Waals surface area contributed by atoms with E-state index in [2.05, 4.69) is 0 Å². The standard InChI is InChI=1S/C22H18F6O2/c1-3-29-16-9-7-13-12-5-6-14(15-8-4-11(2)10-30-15)19(23)17(12)21(25,26)22(27,28)18(13)20(16)24/h5-7,9-10,15H,3-4,8H2,1-2H3. The lowest BCUT2D eigenvalue weighted by molar-refractivity contribution is -0.228. The smallest absolute Gasteiger partial charge is 0.343 e. The summed E-state index contributed by atoms with van der Waals surface area (Å²) < 4.78 is 100.0. The summed E-state index contributed by atoms with van der Waals surface area (Å²) in [6.07, 6.45) is 1.41. The van der Waals surface area contributed by atoms with Gasteiger partial charge in [-0.2, -0.15) is 17.6 Å². The molecular formula is C22H18F6O2. The van der Waals surface area contributed by atoms with Crippen molar-refractivity contribution in [2.75, 3.05) is 6.61 Å². The molecule has 0 saturated carbocycles. The van der Waals surface area contributed by atoms with Crippen molar-refractivity contribution in [3.8, 4) is 16.9 Å². The topological polar surface area (TPSA) is 18.5 Å². The second-order valence-corrected chi connectivity index (χ2v) is 7.40. The van der Waals surface area contributed by atoms with Crippen LogP contribution in [0.2, 0.25) is 0 Å². The highest BCUT2D eigenvalue weighted by Gasteiger charge is 2.65. The molecule has 8 heteroatoms. The predicted molar refractivity (Wildman–Crippen MR) is 97.6 cm³/mol. The number of hydrogen-bond acceptors (Lipinski definition) is 2. The fraction of sp³-hybridized carbons (Fsp3) is 0.364. The van der Waals surface area contributed by atoms with Gasteiger partial charge in [-0.3, -0.25) is 0 Å². The Hall–Kier alpha value is -2.64. The number of alkyl halides is 4. The van der Waals surface area contributed by atoms with Crippen LogP contribution in [0, 0.1) is 11.6 Å². The normalized spacial score (nSPS) is 21.2. The highest BCUT2D eigenvalue weighted by atomic mass is 19.3. The minimum atomic E-state index is -4.98. The van der Waals surface area contributed by atoms with Crippen LogP contribution in [0.15, 0.2) is 36.1 Å². The summed E-state index contributed by atoms with van der Waals surface area (Å²) in [7, 11) is 0. The Labute approximate surface area is 169 Å². The van der Waals surface area contributed by atoms with Gasteiger partial charge in [0.2, 0.25) is 0 Å². The molecule has 0 spiro atoms. The van der Waals surface area contributed by atoms with Gasteiger partial charge in [0.15, 0.2) is 11.6 Å². The quantitative estimate of drug-likeness (QED) is 0.491. The van der Waals surface area contributed by atoms with E-state index >= 15 is 4.39 Å². The molecule has 0 saturated heterocycles. The molecule has 2 nitrogen and oxygen atoms in total. The van der Waals surface area contributed by atoms with Gasteiger partial charge >= 0.3 is 11.8 Å². The third-order valence-corrected chi connectivity index (χ3v) is 5.47. The summed E-state index contributed by atoms with van der Waals surface area (Å²) in [6.45, 7) is 3.26. The van der Waals surface area contributed by atoms with Crippen molar-refractivity contribution in [3.05, 3.63) is 64.4 Å². The first-order valence-electron chi connectivity index (χ1n) is 9.47. The van der Waals surface area contributed by atoms with Crippen LogP contribution in [0.1, 0.15) is 49.5 Å². The van der Waals surface area contributed by atoms with Crippen LogP contribution in [0.5, 0.6) is 5.75 Å². The first kappa shape index (κ1) is 20.6. The van der Waals surface area contributed by atoms with Crippen molar-refractivity contribution >= 4 is 0 Å². The number of rotatable bonds is 3. The molecule has 0 amide bonds. The van der Waals surface area contributed by atoms with Gasteiger partial charge in [-0.05, 0) is 55.5 Å². The Kier molecular flexibility index (Phi) is 4.78. The molecule has 2 aliphatic rings. The van der Waals surface area contributed by atoms with Gasteiger partial charge in [-0.15, -0.1) is 0 Å². The van der Waals surface area contributed by atoms with E-state index in [0.29, 0.717) is 12.8 Å². The Morgan fingerprint density at radius 3 is 2.13 bits per heavy atom. The number of benzene rings is 2. The van der Waals surface area contributed by atoms with Gasteiger partial charge in [-0.1, -0.05) is 12.1 Å². The highest BCUT2D eigenvalue weighted by Crippen LogP contribution is 2.60.